The minimum atomic E-state index is 0. The first-order valence-electron chi connectivity index (χ1n) is 7.73. The number of hydrogen-bond donors (Lipinski definition) is 1. The van der Waals surface area contributed by atoms with Crippen LogP contribution in [0.5, 0.6) is 0 Å². The van der Waals surface area contributed by atoms with E-state index in [1.807, 2.05) is 20.9 Å². The number of aryl methyl sites for hydroxylation is 3. The largest absolute Gasteiger partial charge is 0.339 e. The lowest BCUT2D eigenvalue weighted by Gasteiger charge is -2.08. The van der Waals surface area contributed by atoms with Crippen LogP contribution in [0.3, 0.4) is 0 Å². The zero-order valence-electron chi connectivity index (χ0n) is 14.3. The Morgan fingerprint density at radius 3 is 2.79 bits per heavy atom. The molecule has 3 aromatic rings. The molecule has 0 saturated heterocycles. The second-order valence-electron chi connectivity index (χ2n) is 5.73. The Hall–Kier alpha value is -2.06. The van der Waals surface area contributed by atoms with Crippen LogP contribution in [0, 0.1) is 13.8 Å². The molecule has 0 aliphatic rings. The molecule has 130 valence electrons. The lowest BCUT2D eigenvalue weighted by atomic mass is 10.1. The third-order valence-electron chi connectivity index (χ3n) is 4.07. The normalized spacial score (nSPS) is 12.3. The molecule has 0 bridgehead atoms. The fraction of sp³-hybridized carbons (Fsp3) is 0.533. The van der Waals surface area contributed by atoms with Crippen LogP contribution in [0.25, 0.3) is 5.78 Å². The number of nitrogens with zero attached hydrogens (tertiary/aromatic N) is 6. The van der Waals surface area contributed by atoms with Crippen LogP contribution in [0.4, 0.5) is 0 Å². The molecule has 1 atom stereocenters. The highest BCUT2D eigenvalue weighted by Crippen LogP contribution is 2.15. The van der Waals surface area contributed by atoms with E-state index >= 15 is 0 Å². The highest BCUT2D eigenvalue weighted by molar-refractivity contribution is 5.85. The van der Waals surface area contributed by atoms with Crippen molar-refractivity contribution in [1.82, 2.24) is 35.0 Å². The van der Waals surface area contributed by atoms with Gasteiger partial charge in [0.05, 0.1) is 0 Å². The summed E-state index contributed by atoms with van der Waals surface area (Å²) >= 11 is 0. The summed E-state index contributed by atoms with van der Waals surface area (Å²) in [4.78, 5) is 13.1. The van der Waals surface area contributed by atoms with Gasteiger partial charge in [0.1, 0.15) is 6.33 Å². The van der Waals surface area contributed by atoms with Crippen molar-refractivity contribution in [2.24, 2.45) is 0 Å². The number of hydrogen-bond acceptors (Lipinski definition) is 7. The summed E-state index contributed by atoms with van der Waals surface area (Å²) in [6, 6.07) is 0.323. The Morgan fingerprint density at radius 1 is 1.25 bits per heavy atom. The van der Waals surface area contributed by atoms with E-state index in [4.69, 9.17) is 4.52 Å². The molecule has 8 nitrogen and oxygen atoms in total. The molecule has 3 rings (SSSR count). The summed E-state index contributed by atoms with van der Waals surface area (Å²) < 4.78 is 7.10. The van der Waals surface area contributed by atoms with Crippen LogP contribution in [0.15, 0.2) is 10.9 Å². The number of likely N-dealkylation sites (N-methyl/N-ethyl adjacent to an activating group) is 1. The van der Waals surface area contributed by atoms with Crippen molar-refractivity contribution in [1.29, 1.82) is 0 Å². The van der Waals surface area contributed by atoms with E-state index < -0.39 is 0 Å². The smallest absolute Gasteiger partial charge is 0.252 e. The molecule has 24 heavy (non-hydrogen) atoms. The highest BCUT2D eigenvalue weighted by Gasteiger charge is 2.14. The molecule has 0 radical (unpaired) electrons. The van der Waals surface area contributed by atoms with E-state index in [0.717, 1.165) is 35.6 Å². The Morgan fingerprint density at radius 2 is 2.04 bits per heavy atom. The van der Waals surface area contributed by atoms with Crippen molar-refractivity contribution >= 4 is 18.2 Å². The lowest BCUT2D eigenvalue weighted by molar-refractivity contribution is 0.371. The zero-order valence-corrected chi connectivity index (χ0v) is 15.1. The van der Waals surface area contributed by atoms with E-state index in [9.17, 15) is 0 Å². The van der Waals surface area contributed by atoms with Gasteiger partial charge < -0.3 is 9.84 Å². The minimum Gasteiger partial charge on any atom is -0.339 e. The third kappa shape index (κ3) is 3.70. The Bertz CT molecular complexity index is 813. The van der Waals surface area contributed by atoms with Gasteiger partial charge in [0.15, 0.2) is 5.82 Å². The maximum atomic E-state index is 5.34. The summed E-state index contributed by atoms with van der Waals surface area (Å²) in [5, 5.41) is 11.4. The van der Waals surface area contributed by atoms with E-state index in [2.05, 4.69) is 37.4 Å². The number of rotatable bonds is 6. The quantitative estimate of drug-likeness (QED) is 0.718. The molecule has 3 aromatic heterocycles. The van der Waals surface area contributed by atoms with Crippen molar-refractivity contribution in [2.75, 3.05) is 7.05 Å². The first kappa shape index (κ1) is 18.3. The van der Waals surface area contributed by atoms with Gasteiger partial charge in [-0.3, -0.25) is 0 Å². The SMILES string of the molecule is CNC(C)Cc1noc(CCc2c(C)nc3ncnn3c2C)n1.Cl. The van der Waals surface area contributed by atoms with E-state index in [-0.39, 0.29) is 12.4 Å². The van der Waals surface area contributed by atoms with Gasteiger partial charge in [0.25, 0.3) is 5.78 Å². The van der Waals surface area contributed by atoms with Gasteiger partial charge in [-0.05, 0) is 39.8 Å². The van der Waals surface area contributed by atoms with E-state index in [1.165, 1.54) is 6.33 Å². The fourth-order valence-electron chi connectivity index (χ4n) is 2.60. The first-order valence-corrected chi connectivity index (χ1v) is 7.73. The monoisotopic (exact) mass is 351 g/mol. The van der Waals surface area contributed by atoms with Crippen LogP contribution >= 0.6 is 12.4 Å². The predicted octanol–water partition coefficient (Wildman–Crippen LogP) is 1.48. The van der Waals surface area contributed by atoms with Crippen LogP contribution in [-0.4, -0.2) is 42.8 Å². The second-order valence-corrected chi connectivity index (χ2v) is 5.73. The molecule has 0 amide bonds. The molecule has 0 fully saturated rings. The fourth-order valence-corrected chi connectivity index (χ4v) is 2.60. The van der Waals surface area contributed by atoms with Crippen LogP contribution in [0.2, 0.25) is 0 Å². The summed E-state index contributed by atoms with van der Waals surface area (Å²) in [5.74, 6) is 2.02. The van der Waals surface area contributed by atoms with Crippen molar-refractivity contribution in [3.05, 3.63) is 35.0 Å². The van der Waals surface area contributed by atoms with Crippen molar-refractivity contribution in [3.8, 4) is 0 Å². The number of nitrogens with one attached hydrogen (secondary N) is 1. The van der Waals surface area contributed by atoms with Gasteiger partial charge in [-0.15, -0.1) is 12.4 Å². The highest BCUT2D eigenvalue weighted by atomic mass is 35.5. The molecular formula is C15H22ClN7O. The number of aromatic nitrogens is 6. The molecule has 1 unspecified atom stereocenters. The number of halogens is 1. The molecule has 0 spiro atoms. The Labute approximate surface area is 146 Å². The molecule has 1 N–H and O–H groups in total. The van der Waals surface area contributed by atoms with Crippen molar-refractivity contribution < 1.29 is 4.52 Å². The van der Waals surface area contributed by atoms with Crippen molar-refractivity contribution in [3.63, 3.8) is 0 Å². The van der Waals surface area contributed by atoms with Gasteiger partial charge >= 0.3 is 0 Å². The summed E-state index contributed by atoms with van der Waals surface area (Å²) in [5.41, 5.74) is 3.16. The maximum absolute atomic E-state index is 5.34. The van der Waals surface area contributed by atoms with Crippen LogP contribution in [-0.2, 0) is 19.3 Å². The van der Waals surface area contributed by atoms with Gasteiger partial charge in [-0.1, -0.05) is 5.16 Å². The predicted molar refractivity (Wildman–Crippen MR) is 91.4 cm³/mol. The standard InChI is InChI=1S/C15H21N7O.ClH/c1-9(16-4)7-13-20-14(23-21-13)6-5-12-10(2)19-15-17-8-18-22(15)11(12)3;/h8-9,16H,5-7H2,1-4H3;1H. The van der Waals surface area contributed by atoms with E-state index in [1.54, 1.807) is 4.52 Å². The summed E-state index contributed by atoms with van der Waals surface area (Å²) in [7, 11) is 1.92. The third-order valence-corrected chi connectivity index (χ3v) is 4.07. The topological polar surface area (TPSA) is 94.0 Å². The minimum absolute atomic E-state index is 0. The Kier molecular flexibility index (Phi) is 5.84. The van der Waals surface area contributed by atoms with Gasteiger partial charge in [0, 0.05) is 30.3 Å². The molecule has 3 heterocycles. The first-order chi connectivity index (χ1) is 11.1. The second kappa shape index (κ2) is 7.67. The maximum Gasteiger partial charge on any atom is 0.252 e. The molecule has 0 aromatic carbocycles. The van der Waals surface area contributed by atoms with Crippen LogP contribution < -0.4 is 5.32 Å². The lowest BCUT2D eigenvalue weighted by Crippen LogP contribution is -2.24. The van der Waals surface area contributed by atoms with Crippen molar-refractivity contribution in [2.45, 2.75) is 46.1 Å². The molecule has 0 aliphatic carbocycles. The van der Waals surface area contributed by atoms with Gasteiger partial charge in [-0.25, -0.2) is 9.50 Å². The summed E-state index contributed by atoms with van der Waals surface area (Å²) in [6.07, 6.45) is 3.74. The van der Waals surface area contributed by atoms with E-state index in [0.29, 0.717) is 24.1 Å². The molecule has 0 aliphatic heterocycles. The summed E-state index contributed by atoms with van der Waals surface area (Å²) in [6.45, 7) is 6.10. The zero-order chi connectivity index (χ0) is 16.4. The number of fused-ring (bicyclic) bond motifs is 1. The Balaban J connectivity index is 0.00000208. The molecule has 9 heteroatoms. The average Bonchev–Trinajstić information content (AvgIpc) is 3.16. The van der Waals surface area contributed by atoms with Gasteiger partial charge in [0.2, 0.25) is 5.89 Å². The average molecular weight is 352 g/mol. The molecular weight excluding hydrogens is 330 g/mol. The molecule has 0 saturated carbocycles. The van der Waals surface area contributed by atoms with Crippen LogP contribution in [0.1, 0.15) is 35.6 Å². The van der Waals surface area contributed by atoms with Gasteiger partial charge in [-0.2, -0.15) is 15.1 Å².